The predicted molar refractivity (Wildman–Crippen MR) is 166 cm³/mol. The van der Waals surface area contributed by atoms with Crippen molar-refractivity contribution >= 4 is 51.9 Å². The van der Waals surface area contributed by atoms with Gasteiger partial charge in [-0.2, -0.15) is 5.26 Å². The van der Waals surface area contributed by atoms with E-state index >= 15 is 0 Å². The Bertz CT molecular complexity index is 1520. The quantitative estimate of drug-likeness (QED) is 0.0997. The average molecular weight is 665 g/mol. The maximum atomic E-state index is 12.9. The number of hydrogen-bond donors (Lipinski definition) is 1. The lowest BCUT2D eigenvalue weighted by Gasteiger charge is -2.15. The molecule has 0 saturated heterocycles. The zero-order valence-corrected chi connectivity index (χ0v) is 24.6. The van der Waals surface area contributed by atoms with Crippen LogP contribution >= 0.6 is 34.2 Å². The maximum absolute atomic E-state index is 12.9. The van der Waals surface area contributed by atoms with Crippen LogP contribution in [0.3, 0.4) is 0 Å². The summed E-state index contributed by atoms with van der Waals surface area (Å²) in [6.07, 6.45) is 1.53. The molecule has 202 valence electrons. The first-order valence-electron chi connectivity index (χ1n) is 12.5. The Hall–Kier alpha value is -4.00. The SMILES string of the molecule is CCOc1cc(/C=C(\C#N)C(=O)Nc2ccc(OCc3ccc(Cl)cc3)cc2)cc(I)c1OCc1ccccc1. The van der Waals surface area contributed by atoms with Crippen molar-refractivity contribution in [2.75, 3.05) is 11.9 Å². The molecule has 4 rings (SSSR count). The second-order valence-electron chi connectivity index (χ2n) is 8.60. The number of carbonyl (C=O) groups is 1. The number of halogens is 2. The Labute approximate surface area is 252 Å². The zero-order chi connectivity index (χ0) is 28.3. The molecule has 1 N–H and O–H groups in total. The first-order valence-corrected chi connectivity index (χ1v) is 13.9. The van der Waals surface area contributed by atoms with E-state index < -0.39 is 5.91 Å². The number of nitrogens with one attached hydrogen (secondary N) is 1. The molecule has 1 amide bonds. The van der Waals surface area contributed by atoms with E-state index in [4.69, 9.17) is 25.8 Å². The number of ether oxygens (including phenoxy) is 3. The molecule has 0 saturated carbocycles. The maximum Gasteiger partial charge on any atom is 0.266 e. The summed E-state index contributed by atoms with van der Waals surface area (Å²) in [4.78, 5) is 12.9. The van der Waals surface area contributed by atoms with Crippen molar-refractivity contribution in [3.63, 3.8) is 0 Å². The minimum atomic E-state index is -0.519. The van der Waals surface area contributed by atoms with Crippen molar-refractivity contribution in [3.05, 3.63) is 122 Å². The van der Waals surface area contributed by atoms with Gasteiger partial charge in [-0.3, -0.25) is 4.79 Å². The summed E-state index contributed by atoms with van der Waals surface area (Å²) in [6.45, 7) is 3.11. The summed E-state index contributed by atoms with van der Waals surface area (Å²) in [7, 11) is 0. The van der Waals surface area contributed by atoms with E-state index in [1.165, 1.54) is 6.08 Å². The summed E-state index contributed by atoms with van der Waals surface area (Å²) < 4.78 is 18.5. The second-order valence-corrected chi connectivity index (χ2v) is 10.2. The van der Waals surface area contributed by atoms with Crippen LogP contribution in [0.1, 0.15) is 23.6 Å². The van der Waals surface area contributed by atoms with E-state index in [2.05, 4.69) is 27.9 Å². The van der Waals surface area contributed by atoms with Crippen molar-refractivity contribution in [3.8, 4) is 23.3 Å². The molecular weight excluding hydrogens is 639 g/mol. The Morgan fingerprint density at radius 2 is 1.60 bits per heavy atom. The first kappa shape index (κ1) is 29.0. The van der Waals surface area contributed by atoms with Crippen LogP contribution in [0.4, 0.5) is 5.69 Å². The third-order valence-electron chi connectivity index (χ3n) is 5.66. The van der Waals surface area contributed by atoms with Gasteiger partial charge >= 0.3 is 0 Å². The highest BCUT2D eigenvalue weighted by atomic mass is 127. The molecule has 0 aliphatic heterocycles. The molecule has 0 aliphatic rings. The van der Waals surface area contributed by atoms with Crippen LogP contribution in [0.15, 0.2) is 96.6 Å². The summed E-state index contributed by atoms with van der Waals surface area (Å²) in [5.41, 5.74) is 3.17. The molecule has 4 aromatic rings. The van der Waals surface area contributed by atoms with Gasteiger partial charge in [0.25, 0.3) is 5.91 Å². The van der Waals surface area contributed by atoms with Crippen molar-refractivity contribution < 1.29 is 19.0 Å². The molecule has 0 aromatic heterocycles. The number of hydrogen-bond acceptors (Lipinski definition) is 5. The van der Waals surface area contributed by atoms with Crippen LogP contribution in [0.2, 0.25) is 5.02 Å². The van der Waals surface area contributed by atoms with Crippen molar-refractivity contribution in [2.45, 2.75) is 20.1 Å². The third kappa shape index (κ3) is 8.25. The highest BCUT2D eigenvalue weighted by molar-refractivity contribution is 14.1. The first-order chi connectivity index (χ1) is 19.4. The van der Waals surface area contributed by atoms with Gasteiger partial charge in [0.15, 0.2) is 11.5 Å². The van der Waals surface area contributed by atoms with Crippen molar-refractivity contribution in [1.82, 2.24) is 0 Å². The van der Waals surface area contributed by atoms with E-state index in [0.29, 0.717) is 53.3 Å². The summed E-state index contributed by atoms with van der Waals surface area (Å²) in [5, 5.41) is 13.2. The number of nitriles is 1. The van der Waals surface area contributed by atoms with Crippen LogP contribution < -0.4 is 19.5 Å². The number of carbonyl (C=O) groups excluding carboxylic acids is 1. The fraction of sp³-hybridized carbons (Fsp3) is 0.125. The van der Waals surface area contributed by atoms with Gasteiger partial charge in [0, 0.05) is 10.7 Å². The highest BCUT2D eigenvalue weighted by Gasteiger charge is 2.15. The van der Waals surface area contributed by atoms with Crippen LogP contribution in [0, 0.1) is 14.9 Å². The molecule has 0 atom stereocenters. The smallest absolute Gasteiger partial charge is 0.266 e. The molecule has 0 spiro atoms. The lowest BCUT2D eigenvalue weighted by Crippen LogP contribution is -2.13. The van der Waals surface area contributed by atoms with Gasteiger partial charge in [0.2, 0.25) is 0 Å². The molecule has 6 nitrogen and oxygen atoms in total. The third-order valence-corrected chi connectivity index (χ3v) is 6.72. The topological polar surface area (TPSA) is 80.6 Å². The molecule has 4 aromatic carbocycles. The number of nitrogens with zero attached hydrogens (tertiary/aromatic N) is 1. The van der Waals surface area contributed by atoms with Gasteiger partial charge in [-0.15, -0.1) is 0 Å². The van der Waals surface area contributed by atoms with Crippen molar-refractivity contribution in [1.29, 1.82) is 5.26 Å². The fourth-order valence-electron chi connectivity index (χ4n) is 3.70. The molecule has 0 heterocycles. The Balaban J connectivity index is 1.43. The minimum Gasteiger partial charge on any atom is -0.490 e. The van der Waals surface area contributed by atoms with Crippen LogP contribution in [0.5, 0.6) is 17.2 Å². The van der Waals surface area contributed by atoms with E-state index in [9.17, 15) is 10.1 Å². The van der Waals surface area contributed by atoms with Crippen LogP contribution in [-0.2, 0) is 18.0 Å². The Morgan fingerprint density at radius 1 is 0.925 bits per heavy atom. The van der Waals surface area contributed by atoms with E-state index in [1.807, 2.05) is 73.7 Å². The van der Waals surface area contributed by atoms with E-state index in [1.54, 1.807) is 30.3 Å². The lowest BCUT2D eigenvalue weighted by atomic mass is 10.1. The monoisotopic (exact) mass is 664 g/mol. The largest absolute Gasteiger partial charge is 0.490 e. The fourth-order valence-corrected chi connectivity index (χ4v) is 4.61. The molecule has 0 fully saturated rings. The van der Waals surface area contributed by atoms with Gasteiger partial charge in [0.05, 0.1) is 10.2 Å². The van der Waals surface area contributed by atoms with Gasteiger partial charge in [-0.05, 0) is 101 Å². The number of amides is 1. The summed E-state index contributed by atoms with van der Waals surface area (Å²) in [5.74, 6) is 1.29. The number of rotatable bonds is 11. The standard InChI is InChI=1S/C32H26ClIN2O4/c1-2-38-30-18-24(17-29(34)31(30)40-21-22-6-4-3-5-7-22)16-25(19-35)32(37)36-27-12-14-28(15-13-27)39-20-23-8-10-26(33)11-9-23/h3-18H,2,20-21H2,1H3,(H,36,37)/b25-16+. The molecule has 40 heavy (non-hydrogen) atoms. The average Bonchev–Trinajstić information content (AvgIpc) is 2.96. The Kier molecular flexibility index (Phi) is 10.4. The molecule has 0 aliphatic carbocycles. The Morgan fingerprint density at radius 3 is 2.27 bits per heavy atom. The zero-order valence-electron chi connectivity index (χ0n) is 21.7. The molecule has 0 unspecified atom stereocenters. The van der Waals surface area contributed by atoms with Gasteiger partial charge in [0.1, 0.15) is 30.6 Å². The van der Waals surface area contributed by atoms with E-state index in [-0.39, 0.29) is 5.57 Å². The summed E-state index contributed by atoms with van der Waals surface area (Å²) >= 11 is 8.09. The molecule has 8 heteroatoms. The van der Waals surface area contributed by atoms with Gasteiger partial charge in [-0.25, -0.2) is 0 Å². The van der Waals surface area contributed by atoms with Crippen LogP contribution in [-0.4, -0.2) is 12.5 Å². The summed E-state index contributed by atoms with van der Waals surface area (Å²) in [6, 6.07) is 29.8. The van der Waals surface area contributed by atoms with E-state index in [0.717, 1.165) is 14.7 Å². The van der Waals surface area contributed by atoms with Crippen LogP contribution in [0.25, 0.3) is 6.08 Å². The second kappa shape index (κ2) is 14.4. The van der Waals surface area contributed by atoms with Gasteiger partial charge < -0.3 is 19.5 Å². The predicted octanol–water partition coefficient (Wildman–Crippen LogP) is 8.05. The van der Waals surface area contributed by atoms with Crippen molar-refractivity contribution in [2.24, 2.45) is 0 Å². The molecule has 0 radical (unpaired) electrons. The minimum absolute atomic E-state index is 0.0423. The number of anilines is 1. The normalized spacial score (nSPS) is 10.9. The number of benzene rings is 4. The van der Waals surface area contributed by atoms with Gasteiger partial charge in [-0.1, -0.05) is 54.1 Å². The highest BCUT2D eigenvalue weighted by Crippen LogP contribution is 2.35. The molecular formula is C32H26ClIN2O4. The molecule has 0 bridgehead atoms. The lowest BCUT2D eigenvalue weighted by molar-refractivity contribution is -0.112.